The molecule has 6 nitrogen and oxygen atoms in total. The van der Waals surface area contributed by atoms with E-state index in [1.807, 2.05) is 7.05 Å². The molecule has 2 N–H and O–H groups in total. The molecule has 0 radical (unpaired) electrons. The van der Waals surface area contributed by atoms with Gasteiger partial charge in [-0.05, 0) is 38.1 Å². The lowest BCUT2D eigenvalue weighted by atomic mass is 10.1. The van der Waals surface area contributed by atoms with Gasteiger partial charge in [0.15, 0.2) is 5.03 Å². The molecular formula is C12H19N3O3S. The molecule has 0 aromatic carbocycles. The second-order valence-electron chi connectivity index (χ2n) is 4.89. The van der Waals surface area contributed by atoms with Crippen LogP contribution >= 0.6 is 0 Å². The third-order valence-corrected chi connectivity index (χ3v) is 4.64. The highest BCUT2D eigenvalue weighted by Gasteiger charge is 2.24. The summed E-state index contributed by atoms with van der Waals surface area (Å²) < 4.78 is 27.0. The third kappa shape index (κ3) is 3.73. The second kappa shape index (κ2) is 5.96. The number of sulfonamides is 1. The molecule has 1 unspecified atom stereocenters. The van der Waals surface area contributed by atoms with Crippen molar-refractivity contribution >= 4 is 10.0 Å². The first-order valence-electron chi connectivity index (χ1n) is 6.28. The van der Waals surface area contributed by atoms with Crippen LogP contribution in [-0.2, 0) is 16.6 Å². The lowest BCUT2D eigenvalue weighted by Gasteiger charge is -2.29. The Bertz CT molecular complexity index is 516. The number of nitrogens with zero attached hydrogens (tertiary/aromatic N) is 2. The fourth-order valence-electron chi connectivity index (χ4n) is 2.21. The first kappa shape index (κ1) is 14.4. The van der Waals surface area contributed by atoms with Crippen molar-refractivity contribution in [3.05, 3.63) is 23.9 Å². The zero-order valence-electron chi connectivity index (χ0n) is 10.9. The second-order valence-corrected chi connectivity index (χ2v) is 6.55. The molecule has 1 fully saturated rings. The van der Waals surface area contributed by atoms with Gasteiger partial charge in [0.05, 0.1) is 6.61 Å². The predicted molar refractivity (Wildman–Crippen MR) is 71.0 cm³/mol. The van der Waals surface area contributed by atoms with E-state index in [0.717, 1.165) is 19.4 Å². The molecule has 19 heavy (non-hydrogen) atoms. The van der Waals surface area contributed by atoms with E-state index in [1.165, 1.54) is 12.3 Å². The van der Waals surface area contributed by atoms with Crippen molar-refractivity contribution in [2.75, 3.05) is 20.1 Å². The number of aromatic nitrogens is 1. The van der Waals surface area contributed by atoms with Crippen molar-refractivity contribution in [2.45, 2.75) is 30.5 Å². The molecular weight excluding hydrogens is 266 g/mol. The van der Waals surface area contributed by atoms with Gasteiger partial charge in [-0.2, -0.15) is 0 Å². The van der Waals surface area contributed by atoms with Gasteiger partial charge in [-0.3, -0.25) is 0 Å². The van der Waals surface area contributed by atoms with Crippen LogP contribution in [0.3, 0.4) is 0 Å². The van der Waals surface area contributed by atoms with E-state index in [4.69, 9.17) is 5.11 Å². The standard InChI is InChI=1S/C12H19N3O3S/c1-15-6-2-3-11(8-15)14-19(17,18)12-5-4-10(9-16)7-13-12/h4-5,7,11,14,16H,2-3,6,8-9H2,1H3. The average Bonchev–Trinajstić information content (AvgIpc) is 2.38. The Hall–Kier alpha value is -1.02. The van der Waals surface area contributed by atoms with Crippen molar-refractivity contribution < 1.29 is 13.5 Å². The molecule has 0 aliphatic carbocycles. The number of rotatable bonds is 4. The zero-order chi connectivity index (χ0) is 13.9. The highest BCUT2D eigenvalue weighted by Crippen LogP contribution is 2.12. The SMILES string of the molecule is CN1CCCC(NS(=O)(=O)c2ccc(CO)cn2)C1. The molecule has 1 saturated heterocycles. The van der Waals surface area contributed by atoms with Gasteiger partial charge in [-0.15, -0.1) is 0 Å². The monoisotopic (exact) mass is 285 g/mol. The minimum Gasteiger partial charge on any atom is -0.392 e. The summed E-state index contributed by atoms with van der Waals surface area (Å²) in [7, 11) is -1.60. The number of likely N-dealkylation sites (N-methyl/N-ethyl adjacent to an activating group) is 1. The lowest BCUT2D eigenvalue weighted by Crippen LogP contribution is -2.46. The molecule has 1 aromatic rings. The van der Waals surface area contributed by atoms with E-state index < -0.39 is 10.0 Å². The fourth-order valence-corrected chi connectivity index (χ4v) is 3.40. The van der Waals surface area contributed by atoms with Crippen LogP contribution in [0.25, 0.3) is 0 Å². The molecule has 2 rings (SSSR count). The van der Waals surface area contributed by atoms with Crippen LogP contribution in [0.15, 0.2) is 23.4 Å². The quantitative estimate of drug-likeness (QED) is 0.810. The molecule has 1 aliphatic heterocycles. The number of hydrogen-bond donors (Lipinski definition) is 2. The molecule has 2 heterocycles. The van der Waals surface area contributed by atoms with Crippen LogP contribution in [0, 0.1) is 0 Å². The molecule has 1 aromatic heterocycles. The summed E-state index contributed by atoms with van der Waals surface area (Å²) in [6, 6.07) is 2.91. The smallest absolute Gasteiger partial charge is 0.258 e. The van der Waals surface area contributed by atoms with E-state index in [1.54, 1.807) is 6.07 Å². The van der Waals surface area contributed by atoms with Gasteiger partial charge in [0, 0.05) is 18.8 Å². The van der Waals surface area contributed by atoms with Crippen LogP contribution in [0.5, 0.6) is 0 Å². The number of piperidine rings is 1. The Balaban J connectivity index is 2.08. The van der Waals surface area contributed by atoms with Gasteiger partial charge >= 0.3 is 0 Å². The molecule has 0 amide bonds. The van der Waals surface area contributed by atoms with Crippen LogP contribution < -0.4 is 4.72 Å². The Morgan fingerprint density at radius 1 is 1.53 bits per heavy atom. The minimum absolute atomic E-state index is 0.00192. The number of pyridine rings is 1. The Morgan fingerprint density at radius 3 is 2.89 bits per heavy atom. The number of nitrogens with one attached hydrogen (secondary N) is 1. The van der Waals surface area contributed by atoms with E-state index >= 15 is 0 Å². The number of aliphatic hydroxyl groups excluding tert-OH is 1. The summed E-state index contributed by atoms with van der Waals surface area (Å²) in [6.07, 6.45) is 3.21. The van der Waals surface area contributed by atoms with Crippen molar-refractivity contribution in [3.63, 3.8) is 0 Å². The fraction of sp³-hybridized carbons (Fsp3) is 0.583. The van der Waals surface area contributed by atoms with E-state index in [-0.39, 0.29) is 17.7 Å². The molecule has 0 spiro atoms. The van der Waals surface area contributed by atoms with Crippen molar-refractivity contribution in [2.24, 2.45) is 0 Å². The normalized spacial score (nSPS) is 21.5. The maximum Gasteiger partial charge on any atom is 0.258 e. The molecule has 1 atom stereocenters. The zero-order valence-corrected chi connectivity index (χ0v) is 11.7. The summed E-state index contributed by atoms with van der Waals surface area (Å²) in [6.45, 7) is 1.57. The molecule has 1 aliphatic rings. The summed E-state index contributed by atoms with van der Waals surface area (Å²) in [5, 5.41) is 8.91. The molecule has 0 bridgehead atoms. The number of likely N-dealkylation sites (tertiary alicyclic amines) is 1. The summed E-state index contributed by atoms with van der Waals surface area (Å²) in [5.74, 6) is 0. The topological polar surface area (TPSA) is 82.5 Å². The lowest BCUT2D eigenvalue weighted by molar-refractivity contribution is 0.242. The van der Waals surface area contributed by atoms with E-state index in [9.17, 15) is 8.42 Å². The summed E-state index contributed by atoms with van der Waals surface area (Å²) >= 11 is 0. The maximum absolute atomic E-state index is 12.2. The highest BCUT2D eigenvalue weighted by molar-refractivity contribution is 7.89. The van der Waals surface area contributed by atoms with Gasteiger partial charge < -0.3 is 10.0 Å². The van der Waals surface area contributed by atoms with Gasteiger partial charge in [-0.1, -0.05) is 6.07 Å². The first-order chi connectivity index (χ1) is 9.01. The summed E-state index contributed by atoms with van der Waals surface area (Å²) in [5.41, 5.74) is 0.594. The molecule has 7 heteroatoms. The van der Waals surface area contributed by atoms with Gasteiger partial charge in [0.2, 0.25) is 0 Å². The van der Waals surface area contributed by atoms with Gasteiger partial charge in [0.1, 0.15) is 0 Å². The highest BCUT2D eigenvalue weighted by atomic mass is 32.2. The maximum atomic E-state index is 12.2. The van der Waals surface area contributed by atoms with Gasteiger partial charge in [-0.25, -0.2) is 18.1 Å². The third-order valence-electron chi connectivity index (χ3n) is 3.20. The van der Waals surface area contributed by atoms with Gasteiger partial charge in [0.25, 0.3) is 10.0 Å². The van der Waals surface area contributed by atoms with Crippen LogP contribution in [0.4, 0.5) is 0 Å². The Morgan fingerprint density at radius 2 is 2.32 bits per heavy atom. The van der Waals surface area contributed by atoms with Crippen LogP contribution in [0.2, 0.25) is 0 Å². The summed E-state index contributed by atoms with van der Waals surface area (Å²) in [4.78, 5) is 5.99. The molecule has 106 valence electrons. The van der Waals surface area contributed by atoms with E-state index in [2.05, 4.69) is 14.6 Å². The number of aliphatic hydroxyl groups is 1. The van der Waals surface area contributed by atoms with Crippen molar-refractivity contribution in [1.82, 2.24) is 14.6 Å². The largest absolute Gasteiger partial charge is 0.392 e. The van der Waals surface area contributed by atoms with Crippen molar-refractivity contribution in [3.8, 4) is 0 Å². The first-order valence-corrected chi connectivity index (χ1v) is 7.76. The Kier molecular flexibility index (Phi) is 4.51. The minimum atomic E-state index is -3.58. The predicted octanol–water partition coefficient (Wildman–Crippen LogP) is -0.0536. The average molecular weight is 285 g/mol. The van der Waals surface area contributed by atoms with Crippen LogP contribution in [0.1, 0.15) is 18.4 Å². The van der Waals surface area contributed by atoms with E-state index in [0.29, 0.717) is 12.1 Å². The molecule has 0 saturated carbocycles. The van der Waals surface area contributed by atoms with Crippen molar-refractivity contribution in [1.29, 1.82) is 0 Å². The number of hydrogen-bond acceptors (Lipinski definition) is 5. The Labute approximate surface area is 113 Å². The van der Waals surface area contributed by atoms with Crippen LogP contribution in [-0.4, -0.2) is 49.6 Å².